The Kier molecular flexibility index (Phi) is 3.78. The molecule has 0 unspecified atom stereocenters. The van der Waals surface area contributed by atoms with Crippen molar-refractivity contribution in [2.24, 2.45) is 5.41 Å². The fourth-order valence-corrected chi connectivity index (χ4v) is 4.65. The second-order valence-corrected chi connectivity index (χ2v) is 7.60. The molecule has 2 saturated heterocycles. The summed E-state index contributed by atoms with van der Waals surface area (Å²) >= 11 is 0. The summed E-state index contributed by atoms with van der Waals surface area (Å²) in [6, 6.07) is 3.40. The number of nitrogens with zero attached hydrogens (tertiary/aromatic N) is 4. The summed E-state index contributed by atoms with van der Waals surface area (Å²) in [5.41, 5.74) is 0.591. The molecule has 0 atom stereocenters. The fourth-order valence-electron chi connectivity index (χ4n) is 4.65. The molecule has 0 amide bonds. The zero-order chi connectivity index (χ0) is 15.0. The normalized spacial score (nSPS) is 34.0. The highest BCUT2D eigenvalue weighted by atomic mass is 15.2. The van der Waals surface area contributed by atoms with Gasteiger partial charge in [0.2, 0.25) is 0 Å². The Morgan fingerprint density at radius 2 is 2.05 bits per heavy atom. The Bertz CT molecular complexity index is 491. The summed E-state index contributed by atoms with van der Waals surface area (Å²) in [7, 11) is 2.25. The predicted octanol–water partition coefficient (Wildman–Crippen LogP) is 1.84. The van der Waals surface area contributed by atoms with Gasteiger partial charge in [0.05, 0.1) is 0 Å². The van der Waals surface area contributed by atoms with E-state index in [4.69, 9.17) is 0 Å². The van der Waals surface area contributed by atoms with Gasteiger partial charge < -0.3 is 10.2 Å². The molecule has 1 spiro atoms. The number of likely N-dealkylation sites (tertiary alicyclic amines) is 2. The number of nitrogens with one attached hydrogen (secondary N) is 1. The van der Waals surface area contributed by atoms with Gasteiger partial charge in [-0.15, -0.1) is 0 Å². The number of anilines is 1. The predicted molar refractivity (Wildman–Crippen MR) is 87.8 cm³/mol. The van der Waals surface area contributed by atoms with Gasteiger partial charge in [0.15, 0.2) is 0 Å². The first-order valence-corrected chi connectivity index (χ1v) is 8.68. The van der Waals surface area contributed by atoms with Gasteiger partial charge in [-0.3, -0.25) is 4.90 Å². The molecule has 5 nitrogen and oxygen atoms in total. The van der Waals surface area contributed by atoms with Crippen molar-refractivity contribution in [1.29, 1.82) is 0 Å². The molecule has 1 aromatic rings. The van der Waals surface area contributed by atoms with E-state index >= 15 is 0 Å². The highest BCUT2D eigenvalue weighted by Gasteiger charge is 2.49. The van der Waals surface area contributed by atoms with Gasteiger partial charge in [-0.2, -0.15) is 0 Å². The van der Waals surface area contributed by atoms with Crippen LogP contribution in [0.4, 0.5) is 5.82 Å². The highest BCUT2D eigenvalue weighted by Crippen LogP contribution is 2.49. The number of piperidine rings is 1. The van der Waals surface area contributed by atoms with E-state index in [2.05, 4.69) is 32.1 Å². The van der Waals surface area contributed by atoms with Crippen LogP contribution in [-0.2, 0) is 0 Å². The molecule has 0 bridgehead atoms. The van der Waals surface area contributed by atoms with Gasteiger partial charge in [-0.25, -0.2) is 9.97 Å². The van der Waals surface area contributed by atoms with Crippen LogP contribution in [0.25, 0.3) is 0 Å². The highest BCUT2D eigenvalue weighted by molar-refractivity contribution is 5.34. The fraction of sp³-hybridized carbons (Fsp3) is 0.765. The van der Waals surface area contributed by atoms with Crippen molar-refractivity contribution in [3.63, 3.8) is 0 Å². The first-order valence-electron chi connectivity index (χ1n) is 8.68. The molecule has 22 heavy (non-hydrogen) atoms. The third-order valence-electron chi connectivity index (χ3n) is 5.97. The van der Waals surface area contributed by atoms with Crippen LogP contribution in [0.15, 0.2) is 18.6 Å². The van der Waals surface area contributed by atoms with E-state index in [1.165, 1.54) is 58.3 Å². The summed E-state index contributed by atoms with van der Waals surface area (Å²) in [4.78, 5) is 13.5. The molecule has 1 aliphatic carbocycles. The summed E-state index contributed by atoms with van der Waals surface area (Å²) in [5, 5.41) is 3.55. The summed E-state index contributed by atoms with van der Waals surface area (Å²) in [6.07, 6.45) is 10.1. The Morgan fingerprint density at radius 3 is 2.77 bits per heavy atom. The van der Waals surface area contributed by atoms with Crippen molar-refractivity contribution in [1.82, 2.24) is 19.8 Å². The van der Waals surface area contributed by atoms with E-state index in [0.29, 0.717) is 11.5 Å². The standard InChI is InChI=1S/C17H27N5/c1-21-7-3-15(4-8-21)22-9-5-17(12-22)10-14(11-17)20-16-2-6-18-13-19-16/h2,6,13-15H,3-5,7-12H2,1H3,(H,18,19,20). The van der Waals surface area contributed by atoms with E-state index in [-0.39, 0.29) is 0 Å². The van der Waals surface area contributed by atoms with Crippen molar-refractivity contribution < 1.29 is 0 Å². The third kappa shape index (κ3) is 2.84. The van der Waals surface area contributed by atoms with Crippen LogP contribution in [0.5, 0.6) is 0 Å². The van der Waals surface area contributed by atoms with Gasteiger partial charge in [0, 0.05) is 24.8 Å². The lowest BCUT2D eigenvalue weighted by atomic mass is 9.65. The van der Waals surface area contributed by atoms with Gasteiger partial charge in [-0.1, -0.05) is 0 Å². The molecule has 1 N–H and O–H groups in total. The first kappa shape index (κ1) is 14.4. The van der Waals surface area contributed by atoms with Crippen LogP contribution in [0.3, 0.4) is 0 Å². The summed E-state index contributed by atoms with van der Waals surface area (Å²) in [5.74, 6) is 0.972. The molecule has 1 saturated carbocycles. The molecule has 4 rings (SSSR count). The van der Waals surface area contributed by atoms with Crippen LogP contribution < -0.4 is 5.32 Å². The minimum Gasteiger partial charge on any atom is -0.367 e. The lowest BCUT2D eigenvalue weighted by Gasteiger charge is -2.46. The summed E-state index contributed by atoms with van der Waals surface area (Å²) in [6.45, 7) is 5.18. The smallest absolute Gasteiger partial charge is 0.129 e. The maximum atomic E-state index is 4.27. The number of aromatic nitrogens is 2. The maximum Gasteiger partial charge on any atom is 0.129 e. The molecule has 0 radical (unpaired) electrons. The quantitative estimate of drug-likeness (QED) is 0.923. The van der Waals surface area contributed by atoms with Gasteiger partial charge in [0.25, 0.3) is 0 Å². The monoisotopic (exact) mass is 301 g/mol. The molecule has 5 heteroatoms. The lowest BCUT2D eigenvalue weighted by molar-refractivity contribution is 0.0890. The molecule has 2 aliphatic heterocycles. The van der Waals surface area contributed by atoms with E-state index in [1.807, 2.05) is 6.07 Å². The molecule has 3 fully saturated rings. The zero-order valence-corrected chi connectivity index (χ0v) is 13.5. The average Bonchev–Trinajstić information content (AvgIpc) is 2.94. The average molecular weight is 301 g/mol. The van der Waals surface area contributed by atoms with Crippen LogP contribution in [0.2, 0.25) is 0 Å². The maximum absolute atomic E-state index is 4.27. The van der Waals surface area contributed by atoms with Crippen LogP contribution in [0, 0.1) is 5.41 Å². The Morgan fingerprint density at radius 1 is 1.23 bits per heavy atom. The molecule has 1 aromatic heterocycles. The Balaban J connectivity index is 1.27. The Labute approximate surface area is 133 Å². The first-order chi connectivity index (χ1) is 10.7. The van der Waals surface area contributed by atoms with Crippen molar-refractivity contribution in [3.8, 4) is 0 Å². The van der Waals surface area contributed by atoms with Gasteiger partial charge in [-0.05, 0) is 70.3 Å². The van der Waals surface area contributed by atoms with Crippen molar-refractivity contribution in [2.75, 3.05) is 38.5 Å². The Hall–Kier alpha value is -1.20. The minimum absolute atomic E-state index is 0.591. The zero-order valence-electron chi connectivity index (χ0n) is 13.5. The molecule has 0 aromatic carbocycles. The number of hydrogen-bond donors (Lipinski definition) is 1. The van der Waals surface area contributed by atoms with Crippen LogP contribution in [-0.4, -0.2) is 65.1 Å². The molecule has 3 heterocycles. The van der Waals surface area contributed by atoms with E-state index in [0.717, 1.165) is 11.9 Å². The van der Waals surface area contributed by atoms with E-state index < -0.39 is 0 Å². The van der Waals surface area contributed by atoms with Gasteiger partial charge >= 0.3 is 0 Å². The lowest BCUT2D eigenvalue weighted by Crippen LogP contribution is -2.49. The molecule has 120 valence electrons. The second-order valence-electron chi connectivity index (χ2n) is 7.60. The van der Waals surface area contributed by atoms with Gasteiger partial charge in [0.1, 0.15) is 12.1 Å². The number of rotatable bonds is 3. The van der Waals surface area contributed by atoms with E-state index in [9.17, 15) is 0 Å². The largest absolute Gasteiger partial charge is 0.367 e. The number of hydrogen-bond acceptors (Lipinski definition) is 5. The van der Waals surface area contributed by atoms with Crippen molar-refractivity contribution in [3.05, 3.63) is 18.6 Å². The summed E-state index contributed by atoms with van der Waals surface area (Å²) < 4.78 is 0. The molecule has 3 aliphatic rings. The topological polar surface area (TPSA) is 44.3 Å². The third-order valence-corrected chi connectivity index (χ3v) is 5.97. The van der Waals surface area contributed by atoms with E-state index in [1.54, 1.807) is 12.5 Å². The SMILES string of the molecule is CN1CCC(N2CCC3(CC(Nc4ccncn4)C3)C2)CC1. The molecular formula is C17H27N5. The van der Waals surface area contributed by atoms with Crippen molar-refractivity contribution >= 4 is 5.82 Å². The second kappa shape index (κ2) is 5.78. The molecular weight excluding hydrogens is 274 g/mol. The minimum atomic E-state index is 0.591. The van der Waals surface area contributed by atoms with Crippen LogP contribution >= 0.6 is 0 Å². The van der Waals surface area contributed by atoms with Crippen LogP contribution in [0.1, 0.15) is 32.1 Å². The van der Waals surface area contributed by atoms with Crippen molar-refractivity contribution in [2.45, 2.75) is 44.2 Å².